The monoisotopic (exact) mass is 462 g/mol. The van der Waals surface area contributed by atoms with Gasteiger partial charge in [-0.1, -0.05) is 13.8 Å². The van der Waals surface area contributed by atoms with E-state index in [9.17, 15) is 33.9 Å². The van der Waals surface area contributed by atoms with E-state index in [4.69, 9.17) is 21.1 Å². The summed E-state index contributed by atoms with van der Waals surface area (Å²) in [7, 11) is 0. The van der Waals surface area contributed by atoms with Crippen LogP contribution in [0, 0.1) is 5.92 Å². The number of carboxylic acid groups (broad SMARTS) is 3. The van der Waals surface area contributed by atoms with Crippen molar-refractivity contribution >= 4 is 35.6 Å². The van der Waals surface area contributed by atoms with Gasteiger partial charge in [0.05, 0.1) is 12.5 Å². The zero-order chi connectivity index (χ0) is 25.2. The second-order valence-electron chi connectivity index (χ2n) is 7.49. The van der Waals surface area contributed by atoms with Crippen LogP contribution < -0.4 is 21.7 Å². The van der Waals surface area contributed by atoms with Crippen molar-refractivity contribution in [1.82, 2.24) is 16.0 Å². The first-order valence-electron chi connectivity index (χ1n) is 9.68. The number of rotatable bonds is 14. The van der Waals surface area contributed by atoms with Crippen LogP contribution in [0.4, 0.5) is 0 Å². The van der Waals surface area contributed by atoms with E-state index >= 15 is 0 Å². The fourth-order valence-electron chi connectivity index (χ4n) is 2.45. The Balaban J connectivity index is 5.47. The number of carbonyl (C=O) groups is 6. The average Bonchev–Trinajstić information content (AvgIpc) is 2.66. The number of nitrogens with two attached hydrogens (primary N) is 1. The minimum Gasteiger partial charge on any atom is -0.481 e. The molecule has 182 valence electrons. The summed E-state index contributed by atoms with van der Waals surface area (Å²) in [6.45, 7) is 4.37. The predicted octanol–water partition coefficient (Wildman–Crippen LogP) is -2.77. The van der Waals surface area contributed by atoms with Gasteiger partial charge in [-0.05, 0) is 19.3 Å². The number of aliphatic hydroxyl groups excluding tert-OH is 1. The predicted molar refractivity (Wildman–Crippen MR) is 107 cm³/mol. The number of amides is 3. The molecule has 0 aromatic rings. The average molecular weight is 462 g/mol. The molecule has 0 heterocycles. The number of hydrogen-bond donors (Lipinski definition) is 8. The van der Waals surface area contributed by atoms with Crippen LogP contribution in [0.15, 0.2) is 0 Å². The molecule has 0 aromatic carbocycles. The lowest BCUT2D eigenvalue weighted by Gasteiger charge is -2.26. The van der Waals surface area contributed by atoms with Crippen LogP contribution in [0.3, 0.4) is 0 Å². The molecule has 0 bridgehead atoms. The number of aliphatic carboxylic acids is 3. The molecule has 0 aliphatic carbocycles. The van der Waals surface area contributed by atoms with Crippen molar-refractivity contribution in [3.05, 3.63) is 0 Å². The lowest BCUT2D eigenvalue weighted by molar-refractivity contribution is -0.144. The van der Waals surface area contributed by atoms with Crippen LogP contribution in [-0.4, -0.2) is 86.3 Å². The molecule has 0 aromatic heterocycles. The summed E-state index contributed by atoms with van der Waals surface area (Å²) in [5.41, 5.74) is 5.52. The Hall–Kier alpha value is -3.26. The minimum atomic E-state index is -1.71. The van der Waals surface area contributed by atoms with Crippen LogP contribution in [0.1, 0.15) is 40.0 Å². The van der Waals surface area contributed by atoms with Gasteiger partial charge in [0.1, 0.15) is 24.2 Å². The molecule has 0 radical (unpaired) electrons. The second kappa shape index (κ2) is 13.2. The number of carboxylic acids is 3. The highest BCUT2D eigenvalue weighted by Gasteiger charge is 2.33. The Morgan fingerprint density at radius 3 is 1.72 bits per heavy atom. The summed E-state index contributed by atoms with van der Waals surface area (Å²) in [4.78, 5) is 70.2. The Kier molecular flexibility index (Phi) is 11.9. The molecular weight excluding hydrogens is 432 g/mol. The largest absolute Gasteiger partial charge is 0.481 e. The van der Waals surface area contributed by atoms with Crippen molar-refractivity contribution in [2.45, 2.75) is 70.3 Å². The second-order valence-corrected chi connectivity index (χ2v) is 7.49. The summed E-state index contributed by atoms with van der Waals surface area (Å²) in [6, 6.07) is -5.93. The third-order valence-electron chi connectivity index (χ3n) is 4.34. The van der Waals surface area contributed by atoms with Gasteiger partial charge >= 0.3 is 17.9 Å². The zero-order valence-electron chi connectivity index (χ0n) is 17.9. The van der Waals surface area contributed by atoms with Gasteiger partial charge in [0.2, 0.25) is 17.7 Å². The fraction of sp³-hybridized carbons (Fsp3) is 0.667. The maximum Gasteiger partial charge on any atom is 0.326 e. The van der Waals surface area contributed by atoms with Crippen molar-refractivity contribution in [3.8, 4) is 0 Å². The van der Waals surface area contributed by atoms with Gasteiger partial charge in [0, 0.05) is 6.42 Å². The number of aliphatic hydroxyl groups is 1. The lowest BCUT2D eigenvalue weighted by Crippen LogP contribution is -2.59. The molecule has 0 saturated carbocycles. The first-order valence-corrected chi connectivity index (χ1v) is 9.68. The quantitative estimate of drug-likeness (QED) is 0.131. The number of carbonyl (C=O) groups excluding carboxylic acids is 3. The van der Waals surface area contributed by atoms with Crippen LogP contribution in [0.5, 0.6) is 0 Å². The van der Waals surface area contributed by atoms with Gasteiger partial charge in [0.25, 0.3) is 0 Å². The first kappa shape index (κ1) is 28.7. The molecular formula is C18H30N4O10. The van der Waals surface area contributed by atoms with E-state index in [0.717, 1.165) is 0 Å². The van der Waals surface area contributed by atoms with Gasteiger partial charge in [-0.25, -0.2) is 4.79 Å². The molecule has 3 amide bonds. The molecule has 0 aliphatic heterocycles. The molecule has 5 atom stereocenters. The molecule has 14 nitrogen and oxygen atoms in total. The van der Waals surface area contributed by atoms with Crippen molar-refractivity contribution in [1.29, 1.82) is 0 Å². The maximum absolute atomic E-state index is 12.6. The van der Waals surface area contributed by atoms with Crippen molar-refractivity contribution in [2.24, 2.45) is 11.7 Å². The molecule has 0 spiro atoms. The summed E-state index contributed by atoms with van der Waals surface area (Å²) < 4.78 is 0. The van der Waals surface area contributed by atoms with Crippen LogP contribution in [-0.2, 0) is 28.8 Å². The first-order chi connectivity index (χ1) is 14.7. The lowest BCUT2D eigenvalue weighted by atomic mass is 10.0. The third kappa shape index (κ3) is 10.2. The molecule has 9 N–H and O–H groups in total. The molecule has 0 rings (SSSR count). The highest BCUT2D eigenvalue weighted by Crippen LogP contribution is 2.06. The molecule has 14 heteroatoms. The topological polar surface area (TPSA) is 245 Å². The van der Waals surface area contributed by atoms with E-state index in [-0.39, 0.29) is 0 Å². The number of hydrogen-bond acceptors (Lipinski definition) is 8. The fourth-order valence-corrected chi connectivity index (χ4v) is 2.45. The Morgan fingerprint density at radius 1 is 0.781 bits per heavy atom. The Morgan fingerprint density at radius 2 is 1.31 bits per heavy atom. The maximum atomic E-state index is 12.6. The van der Waals surface area contributed by atoms with Gasteiger partial charge in [0.15, 0.2) is 0 Å². The summed E-state index contributed by atoms with van der Waals surface area (Å²) in [5, 5.41) is 42.8. The summed E-state index contributed by atoms with van der Waals surface area (Å²) in [5.74, 6) is -7.81. The molecule has 5 unspecified atom stereocenters. The smallest absolute Gasteiger partial charge is 0.326 e. The summed E-state index contributed by atoms with van der Waals surface area (Å²) in [6.07, 6.45) is -3.16. The third-order valence-corrected chi connectivity index (χ3v) is 4.34. The normalized spacial score (nSPS) is 15.6. The van der Waals surface area contributed by atoms with Crippen LogP contribution in [0.25, 0.3) is 0 Å². The highest BCUT2D eigenvalue weighted by atomic mass is 16.4. The van der Waals surface area contributed by atoms with Crippen LogP contribution >= 0.6 is 0 Å². The van der Waals surface area contributed by atoms with Crippen molar-refractivity contribution in [3.63, 3.8) is 0 Å². The van der Waals surface area contributed by atoms with E-state index in [1.54, 1.807) is 13.8 Å². The molecule has 0 fully saturated rings. The van der Waals surface area contributed by atoms with Gasteiger partial charge < -0.3 is 42.1 Å². The van der Waals surface area contributed by atoms with E-state index < -0.39 is 91.1 Å². The Bertz CT molecular complexity index is 725. The highest BCUT2D eigenvalue weighted by molar-refractivity contribution is 5.95. The van der Waals surface area contributed by atoms with E-state index in [0.29, 0.717) is 0 Å². The van der Waals surface area contributed by atoms with Crippen LogP contribution in [0.2, 0.25) is 0 Å². The summed E-state index contributed by atoms with van der Waals surface area (Å²) >= 11 is 0. The van der Waals surface area contributed by atoms with Gasteiger partial charge in [-0.15, -0.1) is 0 Å². The molecule has 32 heavy (non-hydrogen) atoms. The number of nitrogens with one attached hydrogen (secondary N) is 3. The molecule has 0 aliphatic rings. The molecule has 0 saturated heterocycles. The van der Waals surface area contributed by atoms with Crippen molar-refractivity contribution < 1.29 is 49.2 Å². The van der Waals surface area contributed by atoms with Gasteiger partial charge in [-0.2, -0.15) is 0 Å². The zero-order valence-corrected chi connectivity index (χ0v) is 17.9. The van der Waals surface area contributed by atoms with E-state index in [1.807, 2.05) is 5.32 Å². The minimum absolute atomic E-state index is 0.466. The standard InChI is InChI=1S/C18H30N4O10/c1-7(2)14(22-16(29)13(19)8(3)23)17(30)21-10(6-12(26)27)15(28)20-9(18(31)32)4-5-11(24)25/h7-10,13-14,23H,4-6,19H2,1-3H3,(H,20,28)(H,21,30)(H,22,29)(H,24,25)(H,26,27)(H,31,32). The van der Waals surface area contributed by atoms with Gasteiger partial charge in [-0.3, -0.25) is 24.0 Å². The van der Waals surface area contributed by atoms with E-state index in [2.05, 4.69) is 10.6 Å². The SMILES string of the molecule is CC(C)C(NC(=O)C(N)C(C)O)C(=O)NC(CC(=O)O)C(=O)NC(CCC(=O)O)C(=O)O. The van der Waals surface area contributed by atoms with E-state index in [1.165, 1.54) is 6.92 Å². The Labute approximate surface area is 183 Å². The van der Waals surface area contributed by atoms with Crippen molar-refractivity contribution in [2.75, 3.05) is 0 Å².